The van der Waals surface area contributed by atoms with Crippen LogP contribution >= 0.6 is 0 Å². The molecule has 0 N–H and O–H groups in total. The molecule has 5 nitrogen and oxygen atoms in total. The lowest BCUT2D eigenvalue weighted by molar-refractivity contribution is 0.106. The van der Waals surface area contributed by atoms with Gasteiger partial charge in [0, 0.05) is 13.0 Å². The molecule has 5 heterocycles. The summed E-state index contributed by atoms with van der Waals surface area (Å²) in [6, 6.07) is 7.07. The van der Waals surface area contributed by atoms with Crippen LogP contribution in [0.3, 0.4) is 0 Å². The molecule has 3 saturated heterocycles. The molecule has 1 aromatic rings. The molecule has 21 heavy (non-hydrogen) atoms. The van der Waals surface area contributed by atoms with Gasteiger partial charge in [0.2, 0.25) is 6.79 Å². The molecule has 0 spiro atoms. The second-order valence-corrected chi connectivity index (χ2v) is 6.41. The van der Waals surface area contributed by atoms with Gasteiger partial charge in [-0.15, -0.1) is 0 Å². The fourth-order valence-electron chi connectivity index (χ4n) is 4.35. The monoisotopic (exact) mass is 285 g/mol. The van der Waals surface area contributed by atoms with Crippen LogP contribution in [-0.2, 0) is 0 Å². The van der Waals surface area contributed by atoms with Crippen molar-refractivity contribution in [2.24, 2.45) is 11.0 Å². The number of likely N-dealkylation sites (N-methyl/N-ethyl adjacent to an activating group) is 1. The fraction of sp³-hybridized carbons (Fsp3) is 0.562. The Hall–Kier alpha value is -1.75. The molecule has 0 amide bonds. The molecule has 0 unspecified atom stereocenters. The lowest BCUT2D eigenvalue weighted by Gasteiger charge is -2.46. The van der Waals surface area contributed by atoms with Crippen LogP contribution in [0, 0.1) is 5.92 Å². The summed E-state index contributed by atoms with van der Waals surface area (Å²) < 4.78 is 11.0. The van der Waals surface area contributed by atoms with Crippen LogP contribution in [0.5, 0.6) is 11.5 Å². The Balaban J connectivity index is 1.55. The van der Waals surface area contributed by atoms with Crippen molar-refractivity contribution in [1.82, 2.24) is 9.91 Å². The van der Waals surface area contributed by atoms with E-state index < -0.39 is 0 Å². The van der Waals surface area contributed by atoms with Crippen LogP contribution in [-0.4, -0.2) is 48.6 Å². The number of benzene rings is 1. The Labute approximate surface area is 124 Å². The number of nitrogens with zero attached hydrogens (tertiary/aromatic N) is 3. The van der Waals surface area contributed by atoms with E-state index in [1.807, 2.05) is 6.07 Å². The number of hydrazone groups is 1. The van der Waals surface area contributed by atoms with Gasteiger partial charge >= 0.3 is 0 Å². The van der Waals surface area contributed by atoms with Crippen LogP contribution in [0.25, 0.3) is 0 Å². The van der Waals surface area contributed by atoms with Crippen molar-refractivity contribution in [3.8, 4) is 11.5 Å². The van der Waals surface area contributed by atoms with E-state index in [9.17, 15) is 0 Å². The van der Waals surface area contributed by atoms with Gasteiger partial charge in [-0.25, -0.2) is 0 Å². The minimum Gasteiger partial charge on any atom is -0.454 e. The highest BCUT2D eigenvalue weighted by Gasteiger charge is 2.48. The van der Waals surface area contributed by atoms with E-state index in [1.165, 1.54) is 37.2 Å². The van der Waals surface area contributed by atoms with E-state index in [0.29, 0.717) is 24.8 Å². The first kappa shape index (κ1) is 11.9. The normalized spacial score (nSPS) is 35.9. The van der Waals surface area contributed by atoms with E-state index >= 15 is 0 Å². The third-order valence-electron chi connectivity index (χ3n) is 5.36. The number of piperidine rings is 3. The molecule has 5 aliphatic heterocycles. The highest BCUT2D eigenvalue weighted by Crippen LogP contribution is 2.44. The maximum atomic E-state index is 5.54. The maximum absolute atomic E-state index is 5.54. The molecule has 0 aliphatic carbocycles. The van der Waals surface area contributed by atoms with Gasteiger partial charge in [0.05, 0.1) is 17.8 Å². The zero-order valence-electron chi connectivity index (χ0n) is 12.2. The number of hydrogen-bond acceptors (Lipinski definition) is 5. The van der Waals surface area contributed by atoms with Crippen molar-refractivity contribution >= 4 is 5.71 Å². The van der Waals surface area contributed by atoms with Gasteiger partial charge in [0.1, 0.15) is 0 Å². The zero-order valence-corrected chi connectivity index (χ0v) is 12.2. The van der Waals surface area contributed by atoms with Crippen molar-refractivity contribution in [2.75, 3.05) is 26.9 Å². The van der Waals surface area contributed by atoms with Crippen LogP contribution < -0.4 is 9.47 Å². The zero-order chi connectivity index (χ0) is 14.0. The quantitative estimate of drug-likeness (QED) is 0.789. The summed E-state index contributed by atoms with van der Waals surface area (Å²) in [7, 11) is 2.10. The standard InChI is InChI=1S/C16H19N3O2/c1-18-15(11-2-3-12-13(8-11)21-9-20-12)16-14(17-18)10-4-6-19(16)7-5-10/h2-3,8,10,15-16H,4-7,9H2,1H3/t15-,16+/m0/s1. The third-order valence-corrected chi connectivity index (χ3v) is 5.36. The Morgan fingerprint density at radius 1 is 1.10 bits per heavy atom. The van der Waals surface area contributed by atoms with Crippen molar-refractivity contribution in [1.29, 1.82) is 0 Å². The Bertz CT molecular complexity index is 622. The Morgan fingerprint density at radius 3 is 2.76 bits per heavy atom. The molecule has 0 radical (unpaired) electrons. The number of rotatable bonds is 1. The summed E-state index contributed by atoms with van der Waals surface area (Å²) in [6.07, 6.45) is 2.55. The fourth-order valence-corrected chi connectivity index (χ4v) is 4.35. The molecule has 2 bridgehead atoms. The van der Waals surface area contributed by atoms with Crippen LogP contribution in [0.15, 0.2) is 23.3 Å². The molecule has 6 rings (SSSR count). The molecule has 1 aromatic carbocycles. The summed E-state index contributed by atoms with van der Waals surface area (Å²) in [6.45, 7) is 2.76. The molecular weight excluding hydrogens is 266 g/mol. The average Bonchev–Trinajstić information content (AvgIpc) is 3.11. The second-order valence-electron chi connectivity index (χ2n) is 6.41. The summed E-state index contributed by atoms with van der Waals surface area (Å²) in [5.41, 5.74) is 2.68. The molecule has 2 atom stereocenters. The van der Waals surface area contributed by atoms with E-state index in [4.69, 9.17) is 14.6 Å². The van der Waals surface area contributed by atoms with Crippen LogP contribution in [0.4, 0.5) is 0 Å². The predicted molar refractivity (Wildman–Crippen MR) is 78.6 cm³/mol. The number of ether oxygens (including phenoxy) is 2. The average molecular weight is 285 g/mol. The Kier molecular flexibility index (Phi) is 2.33. The summed E-state index contributed by atoms with van der Waals surface area (Å²) in [5.74, 6) is 2.41. The first-order valence-corrected chi connectivity index (χ1v) is 7.76. The topological polar surface area (TPSA) is 37.3 Å². The smallest absolute Gasteiger partial charge is 0.231 e. The predicted octanol–water partition coefficient (Wildman–Crippen LogP) is 1.85. The van der Waals surface area contributed by atoms with Gasteiger partial charge in [0.15, 0.2) is 11.5 Å². The molecule has 5 heteroatoms. The van der Waals surface area contributed by atoms with Gasteiger partial charge in [0.25, 0.3) is 0 Å². The molecule has 110 valence electrons. The van der Waals surface area contributed by atoms with Gasteiger partial charge in [-0.1, -0.05) is 6.07 Å². The van der Waals surface area contributed by atoms with Crippen molar-refractivity contribution in [3.63, 3.8) is 0 Å². The van der Waals surface area contributed by atoms with Crippen LogP contribution in [0.2, 0.25) is 0 Å². The molecule has 5 aliphatic rings. The van der Waals surface area contributed by atoms with Crippen molar-refractivity contribution < 1.29 is 9.47 Å². The molecule has 0 aromatic heterocycles. The van der Waals surface area contributed by atoms with Gasteiger partial charge < -0.3 is 9.47 Å². The molecule has 3 fully saturated rings. The summed E-state index contributed by atoms with van der Waals surface area (Å²) in [4.78, 5) is 2.61. The van der Waals surface area contributed by atoms with Gasteiger partial charge in [-0.3, -0.25) is 9.91 Å². The Morgan fingerprint density at radius 2 is 1.90 bits per heavy atom. The van der Waals surface area contributed by atoms with E-state index in [-0.39, 0.29) is 0 Å². The SMILES string of the molecule is CN1N=C2C3CCN(CC3)[C@H]2[C@@H]1c1ccc2c(c1)OCO2. The highest BCUT2D eigenvalue weighted by atomic mass is 16.7. The van der Waals surface area contributed by atoms with Gasteiger partial charge in [-0.2, -0.15) is 5.10 Å². The lowest BCUT2D eigenvalue weighted by atomic mass is 9.78. The summed E-state index contributed by atoms with van der Waals surface area (Å²) >= 11 is 0. The van der Waals surface area contributed by atoms with Crippen molar-refractivity contribution in [2.45, 2.75) is 24.9 Å². The third kappa shape index (κ3) is 1.58. The van der Waals surface area contributed by atoms with E-state index in [2.05, 4.69) is 29.1 Å². The van der Waals surface area contributed by atoms with Gasteiger partial charge in [-0.05, 0) is 43.6 Å². The number of fused-ring (bicyclic) bond motifs is 3. The molecule has 0 saturated carbocycles. The van der Waals surface area contributed by atoms with Crippen LogP contribution in [0.1, 0.15) is 24.4 Å². The maximum Gasteiger partial charge on any atom is 0.231 e. The summed E-state index contributed by atoms with van der Waals surface area (Å²) in [5, 5.41) is 7.03. The largest absolute Gasteiger partial charge is 0.454 e. The van der Waals surface area contributed by atoms with E-state index in [0.717, 1.165) is 11.5 Å². The van der Waals surface area contributed by atoms with E-state index in [1.54, 1.807) is 0 Å². The molecular formula is C16H19N3O2. The first-order chi connectivity index (χ1) is 10.3. The van der Waals surface area contributed by atoms with Crippen molar-refractivity contribution in [3.05, 3.63) is 23.8 Å². The first-order valence-electron chi connectivity index (χ1n) is 7.76. The highest BCUT2D eigenvalue weighted by molar-refractivity contribution is 5.95. The minimum absolute atomic E-state index is 0.303. The minimum atomic E-state index is 0.303. The number of hydrogen-bond donors (Lipinski definition) is 0. The lowest BCUT2D eigenvalue weighted by Crippen LogP contribution is -2.56. The second kappa shape index (κ2) is 4.13.